The summed E-state index contributed by atoms with van der Waals surface area (Å²) in [6.45, 7) is 1.54. The maximum Gasteiger partial charge on any atom is 0.318 e. The quantitative estimate of drug-likeness (QED) is 0.288. The summed E-state index contributed by atoms with van der Waals surface area (Å²) in [4.78, 5) is 34.8. The summed E-state index contributed by atoms with van der Waals surface area (Å²) in [5, 5.41) is 11.1. The van der Waals surface area contributed by atoms with Crippen molar-refractivity contribution in [3.05, 3.63) is 69.2 Å². The third-order valence-electron chi connectivity index (χ3n) is 3.83. The maximum absolute atomic E-state index is 12.6. The smallest absolute Gasteiger partial charge is 0.318 e. The fraction of sp³-hybridized carbons (Fsp3) is 0.222. The van der Waals surface area contributed by atoms with E-state index in [1.807, 2.05) is 4.72 Å². The van der Waals surface area contributed by atoms with Crippen LogP contribution >= 0.6 is 11.6 Å². The maximum atomic E-state index is 12.6. The molecule has 2 rings (SSSR count). The van der Waals surface area contributed by atoms with Crippen LogP contribution in [0.15, 0.2) is 53.4 Å². The van der Waals surface area contributed by atoms with Gasteiger partial charge < -0.3 is 4.74 Å². The van der Waals surface area contributed by atoms with Crippen molar-refractivity contribution in [3.8, 4) is 0 Å². The van der Waals surface area contributed by atoms with Crippen molar-refractivity contribution >= 4 is 39.2 Å². The number of nitro benzene ring substituents is 1. The van der Waals surface area contributed by atoms with E-state index in [0.29, 0.717) is 10.6 Å². The monoisotopic (exact) mass is 440 g/mol. The highest BCUT2D eigenvalue weighted by atomic mass is 35.5. The van der Waals surface area contributed by atoms with E-state index in [4.69, 9.17) is 16.3 Å². The average molecular weight is 441 g/mol. The molecule has 0 heterocycles. The van der Waals surface area contributed by atoms with Gasteiger partial charge in [-0.3, -0.25) is 19.7 Å². The van der Waals surface area contributed by atoms with Crippen LogP contribution in [0.25, 0.3) is 0 Å². The molecule has 0 aliphatic rings. The van der Waals surface area contributed by atoms with Crippen LogP contribution in [0.1, 0.15) is 12.5 Å². The normalized spacial score (nSPS) is 12.1. The number of esters is 1. The first-order valence-electron chi connectivity index (χ1n) is 8.36. The first-order chi connectivity index (χ1) is 13.6. The van der Waals surface area contributed by atoms with Crippen LogP contribution in [-0.2, 0) is 30.8 Å². The second kappa shape index (κ2) is 9.48. The molecule has 0 aliphatic heterocycles. The lowest BCUT2D eigenvalue weighted by Crippen LogP contribution is -2.40. The van der Waals surface area contributed by atoms with Crippen LogP contribution < -0.4 is 4.72 Å². The Balaban J connectivity index is 2.24. The highest BCUT2D eigenvalue weighted by Gasteiger charge is 2.32. The SMILES string of the molecule is CCOC(=O)C(Cc1ccc([N+](=O)[O-])cc1)C(=O)NS(=O)(=O)c1ccc(Cl)cc1. The van der Waals surface area contributed by atoms with Gasteiger partial charge in [-0.15, -0.1) is 0 Å². The molecule has 11 heteroatoms. The molecule has 1 unspecified atom stereocenters. The van der Waals surface area contributed by atoms with E-state index >= 15 is 0 Å². The molecule has 1 atom stereocenters. The Morgan fingerprint density at radius 1 is 1.14 bits per heavy atom. The van der Waals surface area contributed by atoms with E-state index in [2.05, 4.69) is 0 Å². The molecule has 0 spiro atoms. The summed E-state index contributed by atoms with van der Waals surface area (Å²) in [7, 11) is -4.24. The van der Waals surface area contributed by atoms with Gasteiger partial charge in [0.2, 0.25) is 5.91 Å². The highest BCUT2D eigenvalue weighted by Crippen LogP contribution is 2.18. The fourth-order valence-corrected chi connectivity index (χ4v) is 3.54. The molecule has 0 aliphatic carbocycles. The van der Waals surface area contributed by atoms with Crippen LogP contribution in [-0.4, -0.2) is 31.8 Å². The first kappa shape index (κ1) is 22.3. The first-order valence-corrected chi connectivity index (χ1v) is 10.2. The van der Waals surface area contributed by atoms with Crippen molar-refractivity contribution in [2.24, 2.45) is 5.92 Å². The molecule has 1 amide bonds. The number of halogens is 1. The Bertz CT molecular complexity index is 1010. The standard InChI is InChI=1S/C18H17ClN2O7S/c1-2-28-18(23)16(11-12-3-7-14(8-4-12)21(24)25)17(22)20-29(26,27)15-9-5-13(19)6-10-15/h3-10,16H,2,11H2,1H3,(H,20,22). The van der Waals surface area contributed by atoms with Crippen molar-refractivity contribution in [1.82, 2.24) is 4.72 Å². The molecule has 0 saturated carbocycles. The lowest BCUT2D eigenvalue weighted by atomic mass is 9.98. The van der Waals surface area contributed by atoms with Gasteiger partial charge in [0, 0.05) is 17.2 Å². The van der Waals surface area contributed by atoms with E-state index in [1.54, 1.807) is 6.92 Å². The van der Waals surface area contributed by atoms with E-state index in [9.17, 15) is 28.1 Å². The number of hydrogen-bond donors (Lipinski definition) is 1. The van der Waals surface area contributed by atoms with Crippen LogP contribution in [0.2, 0.25) is 5.02 Å². The average Bonchev–Trinajstić information content (AvgIpc) is 2.66. The zero-order valence-electron chi connectivity index (χ0n) is 15.2. The van der Waals surface area contributed by atoms with Crippen molar-refractivity contribution in [1.29, 1.82) is 0 Å². The molecule has 9 nitrogen and oxygen atoms in total. The third-order valence-corrected chi connectivity index (χ3v) is 5.45. The summed E-state index contributed by atoms with van der Waals surface area (Å²) >= 11 is 5.73. The molecule has 0 saturated heterocycles. The minimum atomic E-state index is -4.24. The number of sulfonamides is 1. The molecule has 29 heavy (non-hydrogen) atoms. The molecule has 2 aromatic carbocycles. The topological polar surface area (TPSA) is 133 Å². The van der Waals surface area contributed by atoms with Gasteiger partial charge >= 0.3 is 5.97 Å². The van der Waals surface area contributed by atoms with Crippen molar-refractivity contribution < 1.29 is 27.7 Å². The predicted octanol–water partition coefficient (Wildman–Crippen LogP) is 2.48. The molecule has 0 bridgehead atoms. The summed E-state index contributed by atoms with van der Waals surface area (Å²) in [6.07, 6.45) is -0.196. The van der Waals surface area contributed by atoms with Crippen molar-refractivity contribution in [2.75, 3.05) is 6.61 Å². The van der Waals surface area contributed by atoms with E-state index in [1.165, 1.54) is 48.5 Å². The lowest BCUT2D eigenvalue weighted by Gasteiger charge is -2.16. The summed E-state index contributed by atoms with van der Waals surface area (Å²) in [6, 6.07) is 10.3. The number of nitrogens with zero attached hydrogens (tertiary/aromatic N) is 1. The number of nitrogens with one attached hydrogen (secondary N) is 1. The van der Waals surface area contributed by atoms with Crippen molar-refractivity contribution in [2.45, 2.75) is 18.2 Å². The zero-order chi connectivity index (χ0) is 21.6. The van der Waals surface area contributed by atoms with Crippen LogP contribution in [0.3, 0.4) is 0 Å². The number of rotatable bonds is 8. The summed E-state index contributed by atoms with van der Waals surface area (Å²) in [5.74, 6) is -3.44. The van der Waals surface area contributed by atoms with Gasteiger partial charge in [-0.2, -0.15) is 0 Å². The number of ether oxygens (including phenoxy) is 1. The molecular weight excluding hydrogens is 424 g/mol. The third kappa shape index (κ3) is 6.00. The molecular formula is C18H17ClN2O7S. The van der Waals surface area contributed by atoms with Crippen molar-refractivity contribution in [3.63, 3.8) is 0 Å². The number of amides is 1. The Labute approximate surface area is 171 Å². The number of nitro groups is 1. The second-order valence-electron chi connectivity index (χ2n) is 5.86. The van der Waals surface area contributed by atoms with E-state index < -0.39 is 32.7 Å². The predicted molar refractivity (Wildman–Crippen MR) is 104 cm³/mol. The zero-order valence-corrected chi connectivity index (χ0v) is 16.8. The lowest BCUT2D eigenvalue weighted by molar-refractivity contribution is -0.384. The number of carbonyl (C=O) groups excluding carboxylic acids is 2. The molecule has 0 fully saturated rings. The Kier molecular flexibility index (Phi) is 7.29. The van der Waals surface area contributed by atoms with Gasteiger partial charge in [0.25, 0.3) is 15.7 Å². The number of benzene rings is 2. The van der Waals surface area contributed by atoms with Gasteiger partial charge in [0.15, 0.2) is 0 Å². The van der Waals surface area contributed by atoms with Gasteiger partial charge in [0.05, 0.1) is 16.4 Å². The number of hydrogen-bond acceptors (Lipinski definition) is 7. The van der Waals surface area contributed by atoms with Crippen LogP contribution in [0, 0.1) is 16.0 Å². The van der Waals surface area contributed by atoms with Crippen LogP contribution in [0.4, 0.5) is 5.69 Å². The summed E-state index contributed by atoms with van der Waals surface area (Å²) < 4.78 is 31.6. The van der Waals surface area contributed by atoms with Gasteiger partial charge in [-0.05, 0) is 43.2 Å². The van der Waals surface area contributed by atoms with E-state index in [0.717, 1.165) is 0 Å². The minimum Gasteiger partial charge on any atom is -0.465 e. The van der Waals surface area contributed by atoms with Gasteiger partial charge in [-0.1, -0.05) is 23.7 Å². The summed E-state index contributed by atoms with van der Waals surface area (Å²) in [5.41, 5.74) is 0.267. The van der Waals surface area contributed by atoms with Gasteiger partial charge in [0.1, 0.15) is 5.92 Å². The Morgan fingerprint density at radius 3 is 2.24 bits per heavy atom. The molecule has 0 radical (unpaired) electrons. The Morgan fingerprint density at radius 2 is 1.72 bits per heavy atom. The molecule has 2 aromatic rings. The van der Waals surface area contributed by atoms with Crippen LogP contribution in [0.5, 0.6) is 0 Å². The number of non-ortho nitro benzene ring substituents is 1. The van der Waals surface area contributed by atoms with E-state index in [-0.39, 0.29) is 23.6 Å². The number of carbonyl (C=O) groups is 2. The molecule has 0 aromatic heterocycles. The van der Waals surface area contributed by atoms with Gasteiger partial charge in [-0.25, -0.2) is 13.1 Å². The highest BCUT2D eigenvalue weighted by molar-refractivity contribution is 7.90. The second-order valence-corrected chi connectivity index (χ2v) is 7.97. The Hall–Kier alpha value is -2.98. The molecule has 1 N–H and O–H groups in total. The minimum absolute atomic E-state index is 0.00713. The molecule has 154 valence electrons. The largest absolute Gasteiger partial charge is 0.465 e. The fourth-order valence-electron chi connectivity index (χ4n) is 2.39.